The minimum atomic E-state index is -0.0876. The first-order valence-corrected chi connectivity index (χ1v) is 10.5. The van der Waals surface area contributed by atoms with Gasteiger partial charge in [0, 0.05) is 10.6 Å². The molecular formula is C24H25NO2S. The zero-order valence-corrected chi connectivity index (χ0v) is 17.0. The van der Waals surface area contributed by atoms with E-state index in [1.807, 2.05) is 80.6 Å². The molecular weight excluding hydrogens is 366 g/mol. The quantitative estimate of drug-likeness (QED) is 0.488. The topological polar surface area (TPSA) is 38.3 Å². The molecule has 0 aromatic heterocycles. The van der Waals surface area contributed by atoms with Crippen LogP contribution in [0.4, 0.5) is 0 Å². The molecule has 4 heteroatoms. The van der Waals surface area contributed by atoms with Crippen LogP contribution in [-0.2, 0) is 5.75 Å². The van der Waals surface area contributed by atoms with Gasteiger partial charge >= 0.3 is 0 Å². The van der Waals surface area contributed by atoms with Crippen LogP contribution in [0.3, 0.4) is 0 Å². The van der Waals surface area contributed by atoms with Crippen LogP contribution in [-0.4, -0.2) is 12.5 Å². The summed E-state index contributed by atoms with van der Waals surface area (Å²) in [7, 11) is 0. The zero-order valence-electron chi connectivity index (χ0n) is 16.2. The van der Waals surface area contributed by atoms with Crippen molar-refractivity contribution in [1.29, 1.82) is 0 Å². The van der Waals surface area contributed by atoms with Crippen molar-refractivity contribution in [2.24, 2.45) is 0 Å². The number of amides is 1. The van der Waals surface area contributed by atoms with Crippen LogP contribution in [0.5, 0.6) is 5.75 Å². The number of carbonyl (C=O) groups is 1. The molecule has 0 spiro atoms. The summed E-state index contributed by atoms with van der Waals surface area (Å²) in [6.45, 7) is 4.60. The van der Waals surface area contributed by atoms with E-state index in [1.165, 1.54) is 5.56 Å². The Kier molecular flexibility index (Phi) is 7.15. The third-order valence-corrected chi connectivity index (χ3v) is 5.55. The third kappa shape index (κ3) is 5.40. The molecule has 0 aliphatic rings. The molecule has 0 radical (unpaired) electrons. The molecule has 1 atom stereocenters. The van der Waals surface area contributed by atoms with E-state index in [0.717, 1.165) is 22.0 Å². The van der Waals surface area contributed by atoms with Gasteiger partial charge in [-0.3, -0.25) is 4.79 Å². The molecule has 0 unspecified atom stereocenters. The normalized spacial score (nSPS) is 11.6. The zero-order chi connectivity index (χ0) is 19.8. The lowest BCUT2D eigenvalue weighted by Gasteiger charge is -2.16. The molecule has 0 saturated heterocycles. The average molecular weight is 392 g/mol. The number of ether oxygens (including phenoxy) is 1. The van der Waals surface area contributed by atoms with E-state index < -0.39 is 0 Å². The predicted molar refractivity (Wildman–Crippen MR) is 116 cm³/mol. The van der Waals surface area contributed by atoms with E-state index in [4.69, 9.17) is 4.74 Å². The Morgan fingerprint density at radius 3 is 2.36 bits per heavy atom. The van der Waals surface area contributed by atoms with Crippen LogP contribution in [0.1, 0.15) is 41.4 Å². The highest BCUT2D eigenvalue weighted by molar-refractivity contribution is 7.98. The highest BCUT2D eigenvalue weighted by atomic mass is 32.2. The van der Waals surface area contributed by atoms with Gasteiger partial charge in [0.25, 0.3) is 5.91 Å². The molecule has 0 bridgehead atoms. The number of rotatable bonds is 8. The van der Waals surface area contributed by atoms with Gasteiger partial charge in [0.2, 0.25) is 0 Å². The fourth-order valence-corrected chi connectivity index (χ4v) is 3.90. The maximum atomic E-state index is 12.9. The molecule has 0 saturated carbocycles. The molecule has 3 rings (SSSR count). The Bertz CT molecular complexity index is 894. The number of hydrogen-bond donors (Lipinski definition) is 1. The van der Waals surface area contributed by atoms with Crippen LogP contribution in [0.25, 0.3) is 0 Å². The van der Waals surface area contributed by atoms with Gasteiger partial charge < -0.3 is 10.1 Å². The Labute approximate surface area is 171 Å². The number of hydrogen-bond acceptors (Lipinski definition) is 3. The van der Waals surface area contributed by atoms with Gasteiger partial charge in [-0.05, 0) is 49.2 Å². The third-order valence-electron chi connectivity index (χ3n) is 4.41. The van der Waals surface area contributed by atoms with Gasteiger partial charge in [0.15, 0.2) is 0 Å². The first kappa shape index (κ1) is 20.0. The average Bonchev–Trinajstić information content (AvgIpc) is 2.74. The summed E-state index contributed by atoms with van der Waals surface area (Å²) in [4.78, 5) is 13.9. The van der Waals surface area contributed by atoms with E-state index in [2.05, 4.69) is 17.4 Å². The number of thioether (sulfide) groups is 1. The maximum absolute atomic E-state index is 12.9. The molecule has 3 nitrogen and oxygen atoms in total. The minimum absolute atomic E-state index is 0.0578. The van der Waals surface area contributed by atoms with E-state index >= 15 is 0 Å². The summed E-state index contributed by atoms with van der Waals surface area (Å²) in [5.74, 6) is 1.62. The summed E-state index contributed by atoms with van der Waals surface area (Å²) >= 11 is 1.68. The molecule has 0 aliphatic carbocycles. The van der Waals surface area contributed by atoms with Gasteiger partial charge in [-0.25, -0.2) is 0 Å². The lowest BCUT2D eigenvalue weighted by Crippen LogP contribution is -2.27. The standard InChI is InChI=1S/C24H25NO2S/c1-3-27-21-15-13-20(14-16-21)18(2)25-24(26)22-11-7-8-12-23(22)28-17-19-9-5-4-6-10-19/h4-16,18H,3,17H2,1-2H3,(H,25,26)/t18-/m1/s1. The lowest BCUT2D eigenvalue weighted by atomic mass is 10.1. The van der Waals surface area contributed by atoms with Crippen LogP contribution < -0.4 is 10.1 Å². The molecule has 0 fully saturated rings. The number of nitrogens with one attached hydrogen (secondary N) is 1. The van der Waals surface area contributed by atoms with Crippen molar-refractivity contribution in [3.05, 3.63) is 95.6 Å². The van der Waals surface area contributed by atoms with Gasteiger partial charge in [0.05, 0.1) is 18.2 Å². The lowest BCUT2D eigenvalue weighted by molar-refractivity contribution is 0.0937. The molecule has 3 aromatic rings. The second-order valence-corrected chi connectivity index (χ2v) is 7.48. The van der Waals surface area contributed by atoms with Crippen LogP contribution in [0, 0.1) is 0 Å². The van der Waals surface area contributed by atoms with E-state index in [9.17, 15) is 4.79 Å². The predicted octanol–water partition coefficient (Wildman–Crippen LogP) is 5.87. The highest BCUT2D eigenvalue weighted by Gasteiger charge is 2.15. The first-order valence-electron chi connectivity index (χ1n) is 9.46. The summed E-state index contributed by atoms with van der Waals surface area (Å²) < 4.78 is 5.48. The second-order valence-electron chi connectivity index (χ2n) is 6.47. The summed E-state index contributed by atoms with van der Waals surface area (Å²) in [6, 6.07) is 25.8. The largest absolute Gasteiger partial charge is 0.494 e. The van der Waals surface area contributed by atoms with E-state index in [0.29, 0.717) is 12.2 Å². The first-order chi connectivity index (χ1) is 13.7. The fraction of sp³-hybridized carbons (Fsp3) is 0.208. The number of benzene rings is 3. The van der Waals surface area contributed by atoms with Gasteiger partial charge in [-0.1, -0.05) is 54.6 Å². The van der Waals surface area contributed by atoms with Crippen molar-refractivity contribution in [3.63, 3.8) is 0 Å². The highest BCUT2D eigenvalue weighted by Crippen LogP contribution is 2.27. The van der Waals surface area contributed by atoms with Gasteiger partial charge in [-0.2, -0.15) is 0 Å². The van der Waals surface area contributed by atoms with Crippen LogP contribution >= 0.6 is 11.8 Å². The van der Waals surface area contributed by atoms with Crippen molar-refractivity contribution in [1.82, 2.24) is 5.32 Å². The second kappa shape index (κ2) is 10.00. The monoisotopic (exact) mass is 391 g/mol. The summed E-state index contributed by atoms with van der Waals surface area (Å²) in [5, 5.41) is 3.11. The SMILES string of the molecule is CCOc1ccc([C@@H](C)NC(=O)c2ccccc2SCc2ccccc2)cc1. The van der Waals surface area contributed by atoms with Crippen LogP contribution in [0.2, 0.25) is 0 Å². The fourth-order valence-electron chi connectivity index (χ4n) is 2.89. The summed E-state index contributed by atoms with van der Waals surface area (Å²) in [6.07, 6.45) is 0. The molecule has 144 valence electrons. The Hall–Kier alpha value is -2.72. The van der Waals surface area contributed by atoms with E-state index in [-0.39, 0.29) is 11.9 Å². The molecule has 0 heterocycles. The van der Waals surface area contributed by atoms with Crippen molar-refractivity contribution >= 4 is 17.7 Å². The number of carbonyl (C=O) groups excluding carboxylic acids is 1. The molecule has 3 aromatic carbocycles. The van der Waals surface area contributed by atoms with Gasteiger partial charge in [0.1, 0.15) is 5.75 Å². The molecule has 1 N–H and O–H groups in total. The van der Waals surface area contributed by atoms with Crippen molar-refractivity contribution in [2.75, 3.05) is 6.61 Å². The smallest absolute Gasteiger partial charge is 0.252 e. The molecule has 0 aliphatic heterocycles. The Morgan fingerprint density at radius 2 is 1.64 bits per heavy atom. The molecule has 1 amide bonds. The van der Waals surface area contributed by atoms with Crippen molar-refractivity contribution < 1.29 is 9.53 Å². The van der Waals surface area contributed by atoms with Crippen molar-refractivity contribution in [2.45, 2.75) is 30.5 Å². The van der Waals surface area contributed by atoms with E-state index in [1.54, 1.807) is 11.8 Å². The summed E-state index contributed by atoms with van der Waals surface area (Å²) in [5.41, 5.74) is 3.00. The van der Waals surface area contributed by atoms with Crippen LogP contribution in [0.15, 0.2) is 83.8 Å². The Balaban J connectivity index is 1.66. The molecule has 28 heavy (non-hydrogen) atoms. The maximum Gasteiger partial charge on any atom is 0.252 e. The Morgan fingerprint density at radius 1 is 0.964 bits per heavy atom. The van der Waals surface area contributed by atoms with Gasteiger partial charge in [-0.15, -0.1) is 11.8 Å². The minimum Gasteiger partial charge on any atom is -0.494 e. The van der Waals surface area contributed by atoms with Crippen molar-refractivity contribution in [3.8, 4) is 5.75 Å².